The molecule has 0 aliphatic carbocycles. The Kier molecular flexibility index (Phi) is 3.25. The van der Waals surface area contributed by atoms with Crippen LogP contribution in [0.2, 0.25) is 0 Å². The van der Waals surface area contributed by atoms with E-state index in [0.717, 1.165) is 6.08 Å². The van der Waals surface area contributed by atoms with Gasteiger partial charge in [0.1, 0.15) is 6.61 Å². The lowest BCUT2D eigenvalue weighted by Crippen LogP contribution is -2.33. The zero-order chi connectivity index (χ0) is 14.0. The summed E-state index contributed by atoms with van der Waals surface area (Å²) in [7, 11) is 0. The molecule has 1 aliphatic heterocycles. The molecule has 6 nitrogen and oxygen atoms in total. The predicted octanol–water partition coefficient (Wildman–Crippen LogP) is 1.54. The number of nitrogens with zero attached hydrogens (tertiary/aromatic N) is 1. The van der Waals surface area contributed by atoms with Crippen LogP contribution >= 0.6 is 0 Å². The highest BCUT2D eigenvalue weighted by atomic mass is 16.5. The van der Waals surface area contributed by atoms with Crippen molar-refractivity contribution in [3.05, 3.63) is 23.9 Å². The Hall–Kier alpha value is -2.37. The van der Waals surface area contributed by atoms with E-state index in [0.29, 0.717) is 17.1 Å². The molecule has 1 amide bonds. The first-order valence-corrected chi connectivity index (χ1v) is 5.74. The van der Waals surface area contributed by atoms with Gasteiger partial charge in [0.05, 0.1) is 5.41 Å². The summed E-state index contributed by atoms with van der Waals surface area (Å²) in [4.78, 5) is 26.4. The molecule has 2 heterocycles. The molecule has 100 valence electrons. The first-order valence-electron chi connectivity index (χ1n) is 5.74. The second-order valence-electron chi connectivity index (χ2n) is 4.91. The molecule has 6 heteroatoms. The van der Waals surface area contributed by atoms with Crippen LogP contribution in [0.3, 0.4) is 0 Å². The maximum Gasteiger partial charge on any atom is 0.328 e. The molecule has 0 atom stereocenters. The van der Waals surface area contributed by atoms with Crippen molar-refractivity contribution in [3.63, 3.8) is 0 Å². The highest BCUT2D eigenvalue weighted by Gasteiger charge is 2.32. The van der Waals surface area contributed by atoms with Crippen molar-refractivity contribution >= 4 is 23.8 Å². The number of carboxylic acid groups (broad SMARTS) is 1. The van der Waals surface area contributed by atoms with Crippen molar-refractivity contribution in [2.45, 2.75) is 13.8 Å². The number of fused-ring (bicyclic) bond motifs is 1. The number of aromatic nitrogens is 1. The molecule has 0 fully saturated rings. The standard InChI is InChI=1S/C13H14N2O4/c1-13(2)7-19-9-5-8(3-4-10(16)17)6-14-11(9)15-12(13)18/h3-6H,7H2,1-2H3,(H,16,17)(H,14,15,18). The molecule has 1 aromatic heterocycles. The van der Waals surface area contributed by atoms with Crippen molar-refractivity contribution in [1.82, 2.24) is 4.98 Å². The molecule has 2 N–H and O–H groups in total. The van der Waals surface area contributed by atoms with E-state index < -0.39 is 11.4 Å². The fourth-order valence-corrected chi connectivity index (χ4v) is 1.52. The summed E-state index contributed by atoms with van der Waals surface area (Å²) in [5, 5.41) is 11.3. The van der Waals surface area contributed by atoms with Crippen molar-refractivity contribution in [1.29, 1.82) is 0 Å². The van der Waals surface area contributed by atoms with Gasteiger partial charge in [-0.25, -0.2) is 9.78 Å². The number of aliphatic carboxylic acids is 1. The number of ether oxygens (including phenoxy) is 1. The first kappa shape index (κ1) is 13.1. The monoisotopic (exact) mass is 262 g/mol. The number of anilines is 1. The van der Waals surface area contributed by atoms with E-state index in [2.05, 4.69) is 10.3 Å². The van der Waals surface area contributed by atoms with Gasteiger partial charge in [0.2, 0.25) is 5.91 Å². The molecular weight excluding hydrogens is 248 g/mol. The molecule has 1 aromatic rings. The Labute approximate surface area is 110 Å². The number of pyridine rings is 1. The average molecular weight is 262 g/mol. The van der Waals surface area contributed by atoms with Crippen LogP contribution < -0.4 is 10.1 Å². The van der Waals surface area contributed by atoms with Crippen LogP contribution in [0.4, 0.5) is 5.82 Å². The Morgan fingerprint density at radius 2 is 2.32 bits per heavy atom. The van der Waals surface area contributed by atoms with Crippen LogP contribution in [-0.2, 0) is 9.59 Å². The second-order valence-corrected chi connectivity index (χ2v) is 4.91. The van der Waals surface area contributed by atoms with Gasteiger partial charge in [-0.05, 0) is 31.6 Å². The highest BCUT2D eigenvalue weighted by Crippen LogP contribution is 2.31. The van der Waals surface area contributed by atoms with Gasteiger partial charge in [0, 0.05) is 12.3 Å². The van der Waals surface area contributed by atoms with Gasteiger partial charge in [-0.1, -0.05) is 0 Å². The summed E-state index contributed by atoms with van der Waals surface area (Å²) in [6.07, 6.45) is 3.90. The van der Waals surface area contributed by atoms with Gasteiger partial charge in [0.25, 0.3) is 0 Å². The van der Waals surface area contributed by atoms with Gasteiger partial charge in [0.15, 0.2) is 11.6 Å². The fourth-order valence-electron chi connectivity index (χ4n) is 1.52. The van der Waals surface area contributed by atoms with Gasteiger partial charge < -0.3 is 15.2 Å². The largest absolute Gasteiger partial charge is 0.489 e. The van der Waals surface area contributed by atoms with E-state index >= 15 is 0 Å². The molecule has 2 rings (SSSR count). The van der Waals surface area contributed by atoms with Gasteiger partial charge >= 0.3 is 5.97 Å². The highest BCUT2D eigenvalue weighted by molar-refractivity contribution is 5.96. The Morgan fingerprint density at radius 1 is 1.58 bits per heavy atom. The Morgan fingerprint density at radius 3 is 3.00 bits per heavy atom. The lowest BCUT2D eigenvalue weighted by molar-refractivity contribution is -0.131. The van der Waals surface area contributed by atoms with E-state index in [1.807, 2.05) is 0 Å². The maximum atomic E-state index is 11.9. The van der Waals surface area contributed by atoms with Crippen LogP contribution in [0.5, 0.6) is 5.75 Å². The quantitative estimate of drug-likeness (QED) is 0.789. The molecule has 0 saturated carbocycles. The van der Waals surface area contributed by atoms with E-state index in [-0.39, 0.29) is 12.5 Å². The number of hydrogen-bond acceptors (Lipinski definition) is 4. The number of carbonyl (C=O) groups excluding carboxylic acids is 1. The fraction of sp³-hybridized carbons (Fsp3) is 0.308. The minimum atomic E-state index is -1.04. The molecule has 19 heavy (non-hydrogen) atoms. The zero-order valence-corrected chi connectivity index (χ0v) is 10.6. The number of rotatable bonds is 2. The second kappa shape index (κ2) is 4.72. The van der Waals surface area contributed by atoms with Gasteiger partial charge in [-0.3, -0.25) is 4.79 Å². The van der Waals surface area contributed by atoms with Crippen LogP contribution in [0.25, 0.3) is 6.08 Å². The van der Waals surface area contributed by atoms with E-state index in [9.17, 15) is 9.59 Å². The minimum absolute atomic E-state index is 0.160. The Balaban J connectivity index is 2.30. The zero-order valence-electron chi connectivity index (χ0n) is 10.6. The summed E-state index contributed by atoms with van der Waals surface area (Å²) in [6.45, 7) is 3.79. The van der Waals surface area contributed by atoms with E-state index in [1.165, 1.54) is 12.3 Å². The third-order valence-corrected chi connectivity index (χ3v) is 2.73. The van der Waals surface area contributed by atoms with Crippen molar-refractivity contribution in [3.8, 4) is 5.75 Å². The van der Waals surface area contributed by atoms with Crippen LogP contribution in [-0.4, -0.2) is 28.6 Å². The number of carboxylic acids is 1. The van der Waals surface area contributed by atoms with Gasteiger partial charge in [-0.2, -0.15) is 0 Å². The normalized spacial score (nSPS) is 17.3. The summed E-state index contributed by atoms with van der Waals surface area (Å²) in [5.74, 6) is -0.410. The smallest absolute Gasteiger partial charge is 0.328 e. The molecule has 0 bridgehead atoms. The third-order valence-electron chi connectivity index (χ3n) is 2.73. The predicted molar refractivity (Wildman–Crippen MR) is 68.8 cm³/mol. The van der Waals surface area contributed by atoms with Crippen LogP contribution in [0.15, 0.2) is 18.3 Å². The molecule has 0 radical (unpaired) electrons. The topological polar surface area (TPSA) is 88.5 Å². The third kappa shape index (κ3) is 2.90. The lowest BCUT2D eigenvalue weighted by Gasteiger charge is -2.18. The molecule has 1 aliphatic rings. The van der Waals surface area contributed by atoms with E-state index in [1.54, 1.807) is 19.9 Å². The molecular formula is C13H14N2O4. The van der Waals surface area contributed by atoms with Crippen LogP contribution in [0.1, 0.15) is 19.4 Å². The molecule has 0 saturated heterocycles. The number of carbonyl (C=O) groups is 2. The maximum absolute atomic E-state index is 11.9. The van der Waals surface area contributed by atoms with E-state index in [4.69, 9.17) is 9.84 Å². The molecule has 0 spiro atoms. The summed E-state index contributed by atoms with van der Waals surface area (Å²) < 4.78 is 5.55. The van der Waals surface area contributed by atoms with Crippen molar-refractivity contribution < 1.29 is 19.4 Å². The number of nitrogens with one attached hydrogen (secondary N) is 1. The average Bonchev–Trinajstić information content (AvgIpc) is 2.45. The molecule has 0 unspecified atom stereocenters. The lowest BCUT2D eigenvalue weighted by atomic mass is 9.94. The summed E-state index contributed by atoms with van der Waals surface area (Å²) in [6, 6.07) is 1.64. The number of hydrogen-bond donors (Lipinski definition) is 2. The van der Waals surface area contributed by atoms with Gasteiger partial charge in [-0.15, -0.1) is 0 Å². The molecule has 0 aromatic carbocycles. The van der Waals surface area contributed by atoms with Crippen molar-refractivity contribution in [2.75, 3.05) is 11.9 Å². The summed E-state index contributed by atoms with van der Waals surface area (Å²) >= 11 is 0. The Bertz CT molecular complexity index is 564. The summed E-state index contributed by atoms with van der Waals surface area (Å²) in [5.41, 5.74) is -0.0484. The number of amides is 1. The first-order chi connectivity index (χ1) is 8.88. The van der Waals surface area contributed by atoms with Crippen molar-refractivity contribution in [2.24, 2.45) is 5.41 Å². The van der Waals surface area contributed by atoms with Crippen LogP contribution in [0, 0.1) is 5.41 Å². The SMILES string of the molecule is CC1(C)COc2cc(C=CC(=O)O)cnc2NC1=O. The minimum Gasteiger partial charge on any atom is -0.489 e.